The average Bonchev–Trinajstić information content (AvgIpc) is 2.18. The van der Waals surface area contributed by atoms with Crippen LogP contribution in [-0.4, -0.2) is 18.8 Å². The van der Waals surface area contributed by atoms with Crippen molar-refractivity contribution < 1.29 is 9.84 Å². The number of nitrogen functional groups attached to an aromatic ring is 1. The molecular formula is C10H15NO2. The van der Waals surface area contributed by atoms with Gasteiger partial charge in [-0.2, -0.15) is 0 Å². The molecule has 1 rings (SSSR count). The lowest BCUT2D eigenvalue weighted by molar-refractivity contribution is -0.0422. The Labute approximate surface area is 78.1 Å². The van der Waals surface area contributed by atoms with Crippen LogP contribution in [0.4, 0.5) is 5.69 Å². The van der Waals surface area contributed by atoms with Gasteiger partial charge in [0.2, 0.25) is 0 Å². The normalized spacial score (nSPS) is 15.3. The van der Waals surface area contributed by atoms with Gasteiger partial charge in [0, 0.05) is 12.8 Å². The Morgan fingerprint density at radius 1 is 1.38 bits per heavy atom. The second-order valence-corrected chi connectivity index (χ2v) is 3.22. The molecule has 0 aliphatic rings. The van der Waals surface area contributed by atoms with Crippen molar-refractivity contribution >= 4 is 5.69 Å². The van der Waals surface area contributed by atoms with Crippen LogP contribution in [0, 0.1) is 0 Å². The molecule has 0 saturated heterocycles. The van der Waals surface area contributed by atoms with Crippen LogP contribution in [0.1, 0.15) is 12.5 Å². The van der Waals surface area contributed by atoms with E-state index in [2.05, 4.69) is 0 Å². The van der Waals surface area contributed by atoms with Gasteiger partial charge in [-0.3, -0.25) is 0 Å². The van der Waals surface area contributed by atoms with Crippen LogP contribution in [0.25, 0.3) is 0 Å². The second kappa shape index (κ2) is 3.77. The predicted octanol–water partition coefficient (Wildman–Crippen LogP) is 1.12. The fourth-order valence-electron chi connectivity index (χ4n) is 1.11. The number of nitrogens with two attached hydrogens (primary N) is 1. The first-order valence-electron chi connectivity index (χ1n) is 4.14. The Morgan fingerprint density at radius 3 is 2.31 bits per heavy atom. The van der Waals surface area contributed by atoms with E-state index in [1.165, 1.54) is 0 Å². The summed E-state index contributed by atoms with van der Waals surface area (Å²) in [6, 6.07) is 7.30. The minimum Gasteiger partial charge on any atom is -0.399 e. The quantitative estimate of drug-likeness (QED) is 0.687. The lowest BCUT2D eigenvalue weighted by atomic mass is 9.96. The zero-order valence-corrected chi connectivity index (χ0v) is 7.95. The maximum absolute atomic E-state index is 9.15. The van der Waals surface area contributed by atoms with Gasteiger partial charge in [0.25, 0.3) is 0 Å². The van der Waals surface area contributed by atoms with E-state index >= 15 is 0 Å². The van der Waals surface area contributed by atoms with Gasteiger partial charge in [0.15, 0.2) is 0 Å². The van der Waals surface area contributed by atoms with Crippen LogP contribution >= 0.6 is 0 Å². The third kappa shape index (κ3) is 1.99. The molecule has 0 aliphatic heterocycles. The minimum atomic E-state index is -0.631. The molecule has 3 heteroatoms. The monoisotopic (exact) mass is 181 g/mol. The van der Waals surface area contributed by atoms with Crippen molar-refractivity contribution in [1.82, 2.24) is 0 Å². The lowest BCUT2D eigenvalue weighted by Crippen LogP contribution is -2.28. The number of aliphatic hydroxyl groups is 1. The Hall–Kier alpha value is -1.06. The zero-order valence-electron chi connectivity index (χ0n) is 7.95. The number of aliphatic hydroxyl groups excluding tert-OH is 1. The first-order chi connectivity index (χ1) is 6.12. The molecule has 3 N–H and O–H groups in total. The number of anilines is 1. The summed E-state index contributed by atoms with van der Waals surface area (Å²) in [7, 11) is 1.58. The number of methoxy groups -OCH3 is 1. The highest BCUT2D eigenvalue weighted by Gasteiger charge is 2.24. The minimum absolute atomic E-state index is 0.0482. The van der Waals surface area contributed by atoms with Crippen LogP contribution in [0.5, 0.6) is 0 Å². The summed E-state index contributed by atoms with van der Waals surface area (Å²) >= 11 is 0. The van der Waals surface area contributed by atoms with Gasteiger partial charge < -0.3 is 15.6 Å². The van der Waals surface area contributed by atoms with E-state index in [1.807, 2.05) is 19.1 Å². The standard InChI is InChI=1S/C10H15NO2/c1-10(7-12,13-2)8-3-5-9(11)6-4-8/h3-6,12H,7,11H2,1-2H3. The Kier molecular flexibility index (Phi) is 2.90. The van der Waals surface area contributed by atoms with Crippen molar-refractivity contribution in [3.63, 3.8) is 0 Å². The van der Waals surface area contributed by atoms with Gasteiger partial charge in [-0.05, 0) is 24.6 Å². The second-order valence-electron chi connectivity index (χ2n) is 3.22. The Bertz CT molecular complexity index is 265. The number of hydrogen-bond donors (Lipinski definition) is 2. The van der Waals surface area contributed by atoms with Gasteiger partial charge in [-0.15, -0.1) is 0 Å². The number of ether oxygens (including phenoxy) is 1. The fourth-order valence-corrected chi connectivity index (χ4v) is 1.11. The molecule has 1 aromatic carbocycles. The summed E-state index contributed by atoms with van der Waals surface area (Å²) in [5, 5.41) is 9.15. The van der Waals surface area contributed by atoms with Crippen molar-refractivity contribution in [2.45, 2.75) is 12.5 Å². The lowest BCUT2D eigenvalue weighted by Gasteiger charge is -2.26. The third-order valence-electron chi connectivity index (χ3n) is 2.27. The zero-order chi connectivity index (χ0) is 9.90. The van der Waals surface area contributed by atoms with E-state index < -0.39 is 5.60 Å². The van der Waals surface area contributed by atoms with Gasteiger partial charge >= 0.3 is 0 Å². The van der Waals surface area contributed by atoms with Crippen molar-refractivity contribution in [1.29, 1.82) is 0 Å². The highest BCUT2D eigenvalue weighted by Crippen LogP contribution is 2.24. The van der Waals surface area contributed by atoms with Gasteiger partial charge in [0.1, 0.15) is 5.60 Å². The van der Waals surface area contributed by atoms with E-state index in [9.17, 15) is 0 Å². The summed E-state index contributed by atoms with van der Waals surface area (Å²) in [6.45, 7) is 1.78. The summed E-state index contributed by atoms with van der Waals surface area (Å²) in [5.74, 6) is 0. The molecule has 1 atom stereocenters. The van der Waals surface area contributed by atoms with Gasteiger partial charge in [0.05, 0.1) is 6.61 Å². The molecule has 1 unspecified atom stereocenters. The van der Waals surface area contributed by atoms with Crippen LogP contribution in [-0.2, 0) is 10.3 Å². The number of benzene rings is 1. The van der Waals surface area contributed by atoms with Crippen molar-refractivity contribution in [3.05, 3.63) is 29.8 Å². The molecule has 0 bridgehead atoms. The van der Waals surface area contributed by atoms with Crippen molar-refractivity contribution in [3.8, 4) is 0 Å². The Balaban J connectivity index is 2.99. The maximum Gasteiger partial charge on any atom is 0.113 e. The highest BCUT2D eigenvalue weighted by molar-refractivity contribution is 5.40. The largest absolute Gasteiger partial charge is 0.399 e. The van der Waals surface area contributed by atoms with E-state index in [0.717, 1.165) is 5.56 Å². The van der Waals surface area contributed by atoms with Crippen LogP contribution < -0.4 is 5.73 Å². The summed E-state index contributed by atoms with van der Waals surface area (Å²) in [6.07, 6.45) is 0. The molecule has 0 aliphatic carbocycles. The maximum atomic E-state index is 9.15. The van der Waals surface area contributed by atoms with Crippen LogP contribution in [0.15, 0.2) is 24.3 Å². The molecule has 1 aromatic rings. The summed E-state index contributed by atoms with van der Waals surface area (Å²) in [4.78, 5) is 0. The molecule has 13 heavy (non-hydrogen) atoms. The number of hydrogen-bond acceptors (Lipinski definition) is 3. The Morgan fingerprint density at radius 2 is 1.92 bits per heavy atom. The number of rotatable bonds is 3. The molecule has 0 fully saturated rings. The molecule has 3 nitrogen and oxygen atoms in total. The molecule has 0 saturated carbocycles. The van der Waals surface area contributed by atoms with E-state index in [-0.39, 0.29) is 6.61 Å². The molecule has 0 spiro atoms. The molecule has 0 aromatic heterocycles. The molecule has 0 radical (unpaired) electrons. The van der Waals surface area contributed by atoms with Crippen LogP contribution in [0.2, 0.25) is 0 Å². The summed E-state index contributed by atoms with van der Waals surface area (Å²) < 4.78 is 5.22. The van der Waals surface area contributed by atoms with Crippen molar-refractivity contribution in [2.75, 3.05) is 19.5 Å². The van der Waals surface area contributed by atoms with Gasteiger partial charge in [-0.1, -0.05) is 12.1 Å². The van der Waals surface area contributed by atoms with E-state index in [4.69, 9.17) is 15.6 Å². The first kappa shape index (κ1) is 10.0. The molecule has 0 heterocycles. The van der Waals surface area contributed by atoms with E-state index in [1.54, 1.807) is 19.2 Å². The summed E-state index contributed by atoms with van der Waals surface area (Å²) in [5.41, 5.74) is 6.55. The van der Waals surface area contributed by atoms with E-state index in [0.29, 0.717) is 5.69 Å². The SMILES string of the molecule is COC(C)(CO)c1ccc(N)cc1. The topological polar surface area (TPSA) is 55.5 Å². The first-order valence-corrected chi connectivity index (χ1v) is 4.14. The highest BCUT2D eigenvalue weighted by atomic mass is 16.5. The van der Waals surface area contributed by atoms with Crippen LogP contribution in [0.3, 0.4) is 0 Å². The molecular weight excluding hydrogens is 166 g/mol. The fraction of sp³-hybridized carbons (Fsp3) is 0.400. The average molecular weight is 181 g/mol. The molecule has 0 amide bonds. The van der Waals surface area contributed by atoms with Crippen molar-refractivity contribution in [2.24, 2.45) is 0 Å². The smallest absolute Gasteiger partial charge is 0.113 e. The predicted molar refractivity (Wildman–Crippen MR) is 52.3 cm³/mol. The molecule has 72 valence electrons. The third-order valence-corrected chi connectivity index (χ3v) is 2.27. The van der Waals surface area contributed by atoms with Gasteiger partial charge in [-0.25, -0.2) is 0 Å².